The number of aromatic amines is 1. The SMILES string of the molecule is Ic1[c]cc[nH]1. The standard InChI is InChI=1S/C4H3IN/c5-4-2-1-3-6-4/h1,3,6H. The lowest BCUT2D eigenvalue weighted by molar-refractivity contribution is 1.35. The molecule has 1 aromatic rings. The van der Waals surface area contributed by atoms with Crippen molar-refractivity contribution in [2.45, 2.75) is 0 Å². The molecule has 0 atom stereocenters. The van der Waals surface area contributed by atoms with Crippen LogP contribution in [-0.4, -0.2) is 4.98 Å². The zero-order chi connectivity index (χ0) is 4.41. The summed E-state index contributed by atoms with van der Waals surface area (Å²) in [6, 6.07) is 4.78. The van der Waals surface area contributed by atoms with E-state index in [1.54, 1.807) is 0 Å². The second-order valence-electron chi connectivity index (χ2n) is 0.936. The Balaban J connectivity index is 3.05. The number of nitrogens with one attached hydrogen (secondary N) is 1. The molecule has 0 aromatic carbocycles. The van der Waals surface area contributed by atoms with E-state index in [1.807, 2.05) is 12.3 Å². The van der Waals surface area contributed by atoms with Gasteiger partial charge in [0.25, 0.3) is 0 Å². The molecule has 0 saturated carbocycles. The zero-order valence-corrected chi connectivity index (χ0v) is 5.19. The van der Waals surface area contributed by atoms with Gasteiger partial charge in [0.15, 0.2) is 0 Å². The summed E-state index contributed by atoms with van der Waals surface area (Å²) in [5, 5.41) is 0. The molecule has 1 rings (SSSR count). The van der Waals surface area contributed by atoms with E-state index in [0.29, 0.717) is 0 Å². The highest BCUT2D eigenvalue weighted by molar-refractivity contribution is 14.1. The molecule has 1 nitrogen and oxygen atoms in total. The maximum atomic E-state index is 2.93. The van der Waals surface area contributed by atoms with Crippen molar-refractivity contribution >= 4 is 22.6 Å². The van der Waals surface area contributed by atoms with Crippen molar-refractivity contribution < 1.29 is 0 Å². The van der Waals surface area contributed by atoms with Gasteiger partial charge in [-0.2, -0.15) is 0 Å². The fourth-order valence-corrected chi connectivity index (χ4v) is 0.631. The van der Waals surface area contributed by atoms with Crippen LogP contribution < -0.4 is 0 Å². The Bertz CT molecular complexity index is 111. The van der Waals surface area contributed by atoms with Crippen LogP contribution >= 0.6 is 22.6 Å². The van der Waals surface area contributed by atoms with Crippen molar-refractivity contribution in [3.05, 3.63) is 22.0 Å². The predicted molar refractivity (Wildman–Crippen MR) is 32.3 cm³/mol. The molecule has 0 aliphatic carbocycles. The Hall–Kier alpha value is 0.01000. The molecule has 31 valence electrons. The van der Waals surface area contributed by atoms with Crippen LogP contribution in [0.15, 0.2) is 12.3 Å². The van der Waals surface area contributed by atoms with E-state index >= 15 is 0 Å². The Labute approximate surface area is 49.9 Å². The molecule has 0 amide bonds. The van der Waals surface area contributed by atoms with E-state index in [0.717, 1.165) is 3.70 Å². The highest BCUT2D eigenvalue weighted by atomic mass is 127. The van der Waals surface area contributed by atoms with Gasteiger partial charge < -0.3 is 4.98 Å². The summed E-state index contributed by atoms with van der Waals surface area (Å²) < 4.78 is 1.06. The van der Waals surface area contributed by atoms with Gasteiger partial charge in [-0.25, -0.2) is 0 Å². The summed E-state index contributed by atoms with van der Waals surface area (Å²) in [4.78, 5) is 2.93. The van der Waals surface area contributed by atoms with E-state index < -0.39 is 0 Å². The van der Waals surface area contributed by atoms with Crippen LogP contribution in [0.25, 0.3) is 0 Å². The van der Waals surface area contributed by atoms with Crippen LogP contribution in [0.4, 0.5) is 0 Å². The van der Waals surface area contributed by atoms with Crippen molar-refractivity contribution in [2.24, 2.45) is 0 Å². The van der Waals surface area contributed by atoms with Crippen LogP contribution in [0.1, 0.15) is 0 Å². The van der Waals surface area contributed by atoms with Crippen LogP contribution in [0, 0.1) is 9.77 Å². The Morgan fingerprint density at radius 3 is 2.83 bits per heavy atom. The van der Waals surface area contributed by atoms with Gasteiger partial charge in [-0.3, -0.25) is 0 Å². The summed E-state index contributed by atoms with van der Waals surface area (Å²) in [6.45, 7) is 0. The van der Waals surface area contributed by atoms with E-state index in [9.17, 15) is 0 Å². The van der Waals surface area contributed by atoms with Crippen molar-refractivity contribution in [1.82, 2.24) is 4.98 Å². The minimum atomic E-state index is 1.06. The number of hydrogen-bond donors (Lipinski definition) is 1. The van der Waals surface area contributed by atoms with E-state index in [2.05, 4.69) is 33.6 Å². The molecule has 0 aliphatic rings. The molecular weight excluding hydrogens is 189 g/mol. The van der Waals surface area contributed by atoms with E-state index in [1.165, 1.54) is 0 Å². The van der Waals surface area contributed by atoms with Crippen LogP contribution in [0.3, 0.4) is 0 Å². The third kappa shape index (κ3) is 0.739. The first-order valence-corrected chi connectivity index (χ1v) is 2.68. The normalized spacial score (nSPS) is 8.83. The quantitative estimate of drug-likeness (QED) is 0.598. The van der Waals surface area contributed by atoms with Crippen LogP contribution in [0.2, 0.25) is 0 Å². The molecule has 0 unspecified atom stereocenters. The fraction of sp³-hybridized carbons (Fsp3) is 0. The van der Waals surface area contributed by atoms with Gasteiger partial charge in [-0.1, -0.05) is 0 Å². The largest absolute Gasteiger partial charge is 0.356 e. The fourth-order valence-electron chi connectivity index (χ4n) is 0.271. The number of aromatic nitrogens is 1. The van der Waals surface area contributed by atoms with Gasteiger partial charge in [-0.15, -0.1) is 0 Å². The molecule has 1 aromatic heterocycles. The Morgan fingerprint density at radius 1 is 1.83 bits per heavy atom. The molecule has 0 fully saturated rings. The predicted octanol–water partition coefficient (Wildman–Crippen LogP) is 1.42. The number of halogens is 1. The molecule has 1 heterocycles. The van der Waals surface area contributed by atoms with Gasteiger partial charge in [0.05, 0.1) is 3.70 Å². The monoisotopic (exact) mass is 192 g/mol. The van der Waals surface area contributed by atoms with E-state index in [4.69, 9.17) is 0 Å². The number of H-pyrrole nitrogens is 1. The average Bonchev–Trinajstić information content (AvgIpc) is 1.86. The molecule has 6 heavy (non-hydrogen) atoms. The topological polar surface area (TPSA) is 15.8 Å². The van der Waals surface area contributed by atoms with Crippen LogP contribution in [-0.2, 0) is 0 Å². The maximum absolute atomic E-state index is 2.93. The van der Waals surface area contributed by atoms with Gasteiger partial charge in [-0.05, 0) is 28.7 Å². The first-order chi connectivity index (χ1) is 2.89. The molecule has 0 saturated heterocycles. The Morgan fingerprint density at radius 2 is 2.67 bits per heavy atom. The second-order valence-corrected chi connectivity index (χ2v) is 2.01. The summed E-state index contributed by atoms with van der Waals surface area (Å²) >= 11 is 2.16. The van der Waals surface area contributed by atoms with Gasteiger partial charge in [0.2, 0.25) is 0 Å². The van der Waals surface area contributed by atoms with Gasteiger partial charge in [0, 0.05) is 12.3 Å². The lowest BCUT2D eigenvalue weighted by atomic mass is 10.7. The van der Waals surface area contributed by atoms with Gasteiger partial charge in [0.1, 0.15) is 0 Å². The summed E-state index contributed by atoms with van der Waals surface area (Å²) in [7, 11) is 0. The maximum Gasteiger partial charge on any atom is 0.0852 e. The van der Waals surface area contributed by atoms with Crippen molar-refractivity contribution in [3.63, 3.8) is 0 Å². The van der Waals surface area contributed by atoms with E-state index in [-0.39, 0.29) is 0 Å². The molecule has 0 aliphatic heterocycles. The third-order valence-electron chi connectivity index (χ3n) is 0.503. The highest BCUT2D eigenvalue weighted by Crippen LogP contribution is 1.94. The van der Waals surface area contributed by atoms with Crippen molar-refractivity contribution in [2.75, 3.05) is 0 Å². The second kappa shape index (κ2) is 1.64. The zero-order valence-electron chi connectivity index (χ0n) is 3.03. The highest BCUT2D eigenvalue weighted by Gasteiger charge is 1.76. The lowest BCUT2D eigenvalue weighted by Crippen LogP contribution is -1.58. The molecular formula is C4H3IN. The first-order valence-electron chi connectivity index (χ1n) is 1.60. The molecule has 1 N–H and O–H groups in total. The molecule has 0 bridgehead atoms. The number of rotatable bonds is 0. The molecule has 0 spiro atoms. The molecule has 2 heteroatoms. The smallest absolute Gasteiger partial charge is 0.0852 e. The van der Waals surface area contributed by atoms with Crippen LogP contribution in [0.5, 0.6) is 0 Å². The minimum Gasteiger partial charge on any atom is -0.356 e. The average molecular weight is 192 g/mol. The Kier molecular flexibility index (Phi) is 1.14. The van der Waals surface area contributed by atoms with Crippen molar-refractivity contribution in [3.8, 4) is 0 Å². The third-order valence-corrected chi connectivity index (χ3v) is 1.13. The summed E-state index contributed by atoms with van der Waals surface area (Å²) in [5.41, 5.74) is 0. The first kappa shape index (κ1) is 4.18. The summed E-state index contributed by atoms with van der Waals surface area (Å²) in [6.07, 6.45) is 1.85. The summed E-state index contributed by atoms with van der Waals surface area (Å²) in [5.74, 6) is 0. The minimum absolute atomic E-state index is 1.06. The van der Waals surface area contributed by atoms with Crippen molar-refractivity contribution in [1.29, 1.82) is 0 Å². The molecule has 1 radical (unpaired) electrons. The number of hydrogen-bond acceptors (Lipinski definition) is 0. The van der Waals surface area contributed by atoms with Gasteiger partial charge >= 0.3 is 0 Å². The lowest BCUT2D eigenvalue weighted by Gasteiger charge is -1.66.